The van der Waals surface area contributed by atoms with Gasteiger partial charge in [-0.05, 0) is 41.0 Å². The summed E-state index contributed by atoms with van der Waals surface area (Å²) in [7, 11) is 1.57. The molecule has 11 heteroatoms. The van der Waals surface area contributed by atoms with Crippen LogP contribution in [-0.4, -0.2) is 49.8 Å². The molecule has 164 valence electrons. The highest BCUT2D eigenvalue weighted by molar-refractivity contribution is 8.13. The molecule has 2 N–H and O–H groups in total. The normalized spacial score (nSPS) is 16.2. The van der Waals surface area contributed by atoms with E-state index in [0.29, 0.717) is 22.6 Å². The molecule has 2 heterocycles. The summed E-state index contributed by atoms with van der Waals surface area (Å²) in [5.74, 6) is -0.139. The minimum Gasteiger partial charge on any atom is -0.497 e. The van der Waals surface area contributed by atoms with E-state index in [9.17, 15) is 19.8 Å². The van der Waals surface area contributed by atoms with E-state index in [1.165, 1.54) is 11.8 Å². The lowest BCUT2D eigenvalue weighted by atomic mass is 9.94. The molecule has 10 nitrogen and oxygen atoms in total. The summed E-state index contributed by atoms with van der Waals surface area (Å²) in [6.45, 7) is 1.55. The second kappa shape index (κ2) is 8.71. The maximum absolute atomic E-state index is 12.3. The molecule has 1 amide bonds. The molecule has 0 spiro atoms. The Bertz CT molecular complexity index is 1250. The number of carboxylic acid groups (broad SMARTS) is 2. The van der Waals surface area contributed by atoms with Crippen LogP contribution in [0.3, 0.4) is 0 Å². The Morgan fingerprint density at radius 1 is 1.16 bits per heavy atom. The number of thioether (sulfide) groups is 1. The maximum atomic E-state index is 12.3. The molecule has 1 aliphatic rings. The number of hydrogen-bond acceptors (Lipinski definition) is 8. The molecular weight excluding hydrogens is 436 g/mol. The summed E-state index contributed by atoms with van der Waals surface area (Å²) >= 11 is 1.19. The quantitative estimate of drug-likeness (QED) is 0.587. The van der Waals surface area contributed by atoms with Gasteiger partial charge in [0, 0.05) is 11.3 Å². The molecule has 0 fully saturated rings. The SMILES string of the molecule is COc1ccc(CSC2=NC(C)=C(C(=O)O)C(c3cccc4nonc34)N2C(=O)O)cc1. The fraction of sp³-hybridized carbons (Fsp3) is 0.190. The van der Waals surface area contributed by atoms with Crippen LogP contribution in [0.2, 0.25) is 0 Å². The van der Waals surface area contributed by atoms with E-state index in [2.05, 4.69) is 15.3 Å². The molecular formula is C21H18N4O6S. The van der Waals surface area contributed by atoms with Gasteiger partial charge in [0.05, 0.1) is 18.4 Å². The van der Waals surface area contributed by atoms with Crippen molar-refractivity contribution in [3.63, 3.8) is 0 Å². The van der Waals surface area contributed by atoms with Crippen LogP contribution in [0.15, 0.2) is 63.4 Å². The molecule has 1 unspecified atom stereocenters. The van der Waals surface area contributed by atoms with Crippen molar-refractivity contribution in [2.75, 3.05) is 7.11 Å². The number of allylic oxidation sites excluding steroid dienone is 1. The molecule has 0 bridgehead atoms. The topological polar surface area (TPSA) is 138 Å². The summed E-state index contributed by atoms with van der Waals surface area (Å²) in [6, 6.07) is 11.1. The highest BCUT2D eigenvalue weighted by atomic mass is 32.2. The van der Waals surface area contributed by atoms with Crippen LogP contribution in [0.1, 0.15) is 24.1 Å². The van der Waals surface area contributed by atoms with Crippen molar-refractivity contribution in [2.45, 2.75) is 18.7 Å². The van der Waals surface area contributed by atoms with Gasteiger partial charge in [-0.25, -0.2) is 24.1 Å². The molecule has 3 aromatic rings. The predicted octanol–water partition coefficient (Wildman–Crippen LogP) is 3.91. The minimum absolute atomic E-state index is 0.156. The zero-order chi connectivity index (χ0) is 22.8. The lowest BCUT2D eigenvalue weighted by molar-refractivity contribution is -0.133. The number of aliphatic carboxylic acids is 1. The van der Waals surface area contributed by atoms with Crippen LogP contribution in [0.5, 0.6) is 5.75 Å². The lowest BCUT2D eigenvalue weighted by Crippen LogP contribution is -2.42. The molecule has 1 aromatic heterocycles. The number of carboxylic acids is 1. The number of methoxy groups -OCH3 is 1. The van der Waals surface area contributed by atoms with Crippen molar-refractivity contribution in [2.24, 2.45) is 4.99 Å². The Morgan fingerprint density at radius 2 is 1.91 bits per heavy atom. The molecule has 1 atom stereocenters. The van der Waals surface area contributed by atoms with Crippen LogP contribution in [0.25, 0.3) is 11.0 Å². The first-order valence-electron chi connectivity index (χ1n) is 9.42. The van der Waals surface area contributed by atoms with Crippen LogP contribution in [0.4, 0.5) is 4.79 Å². The Kier molecular flexibility index (Phi) is 5.82. The van der Waals surface area contributed by atoms with E-state index >= 15 is 0 Å². The van der Waals surface area contributed by atoms with E-state index in [-0.39, 0.29) is 22.0 Å². The third-order valence-corrected chi connectivity index (χ3v) is 5.99. The van der Waals surface area contributed by atoms with E-state index in [1.54, 1.807) is 32.2 Å². The van der Waals surface area contributed by atoms with Crippen molar-refractivity contribution >= 4 is 40.0 Å². The first-order chi connectivity index (χ1) is 15.4. The van der Waals surface area contributed by atoms with Gasteiger partial charge in [0.2, 0.25) is 0 Å². The summed E-state index contributed by atoms with van der Waals surface area (Å²) < 4.78 is 9.95. The summed E-state index contributed by atoms with van der Waals surface area (Å²) in [5.41, 5.74) is 2.01. The molecule has 1 aliphatic heterocycles. The molecule has 2 aromatic carbocycles. The number of nitrogens with zero attached hydrogens (tertiary/aromatic N) is 4. The monoisotopic (exact) mass is 454 g/mol. The minimum atomic E-state index is -1.34. The third-order valence-electron chi connectivity index (χ3n) is 4.97. The van der Waals surface area contributed by atoms with Crippen molar-refractivity contribution in [1.29, 1.82) is 0 Å². The fourth-order valence-electron chi connectivity index (χ4n) is 3.47. The van der Waals surface area contributed by atoms with E-state index < -0.39 is 18.1 Å². The summed E-state index contributed by atoms with van der Waals surface area (Å²) in [4.78, 5) is 29.7. The van der Waals surface area contributed by atoms with Crippen molar-refractivity contribution in [3.05, 3.63) is 64.9 Å². The summed E-state index contributed by atoms with van der Waals surface area (Å²) in [6.07, 6.45) is -1.34. The lowest BCUT2D eigenvalue weighted by Gasteiger charge is -2.34. The first-order valence-corrected chi connectivity index (χ1v) is 10.4. The molecule has 32 heavy (non-hydrogen) atoms. The highest BCUT2D eigenvalue weighted by Crippen LogP contribution is 2.40. The zero-order valence-corrected chi connectivity index (χ0v) is 17.9. The van der Waals surface area contributed by atoms with Crippen LogP contribution >= 0.6 is 11.8 Å². The number of hydrogen-bond donors (Lipinski definition) is 2. The number of amides is 1. The second-order valence-electron chi connectivity index (χ2n) is 6.87. The van der Waals surface area contributed by atoms with Crippen LogP contribution in [-0.2, 0) is 10.5 Å². The van der Waals surface area contributed by atoms with E-state index in [4.69, 9.17) is 9.37 Å². The Labute approximate surface area is 186 Å². The summed E-state index contributed by atoms with van der Waals surface area (Å²) in [5, 5.41) is 27.7. The van der Waals surface area contributed by atoms with Gasteiger partial charge in [-0.1, -0.05) is 36.0 Å². The first kappa shape index (κ1) is 21.4. The van der Waals surface area contributed by atoms with Gasteiger partial charge in [0.25, 0.3) is 0 Å². The van der Waals surface area contributed by atoms with Gasteiger partial charge >= 0.3 is 12.1 Å². The Morgan fingerprint density at radius 3 is 2.56 bits per heavy atom. The average Bonchev–Trinajstić information content (AvgIpc) is 3.26. The van der Waals surface area contributed by atoms with Crippen LogP contribution in [0, 0.1) is 0 Å². The number of rotatable bonds is 5. The predicted molar refractivity (Wildman–Crippen MR) is 116 cm³/mol. The second-order valence-corrected chi connectivity index (χ2v) is 7.81. The standard InChI is InChI=1S/C21H18N4O6S/c1-11-16(19(26)27)18(14-4-3-5-15-17(14)24-31-23-15)25(21(28)29)20(22-11)32-10-12-6-8-13(30-2)9-7-12/h3-9,18H,10H2,1-2H3,(H,26,27)(H,28,29). The molecule has 4 rings (SSSR count). The van der Waals surface area contributed by atoms with Crippen molar-refractivity contribution in [3.8, 4) is 5.75 Å². The number of fused-ring (bicyclic) bond motifs is 1. The smallest absolute Gasteiger partial charge is 0.414 e. The van der Waals surface area contributed by atoms with E-state index in [0.717, 1.165) is 10.5 Å². The number of carbonyl (C=O) groups is 2. The number of aliphatic imine (C=N–C) groups is 1. The van der Waals surface area contributed by atoms with Gasteiger partial charge < -0.3 is 14.9 Å². The molecule has 0 saturated carbocycles. The highest BCUT2D eigenvalue weighted by Gasteiger charge is 2.41. The number of benzene rings is 2. The number of aromatic nitrogens is 2. The van der Waals surface area contributed by atoms with Crippen molar-refractivity contribution in [1.82, 2.24) is 15.2 Å². The third kappa shape index (κ3) is 3.89. The maximum Gasteiger partial charge on any atom is 0.414 e. The Hall–Kier alpha value is -3.86. The van der Waals surface area contributed by atoms with Gasteiger partial charge in [-0.3, -0.25) is 0 Å². The zero-order valence-electron chi connectivity index (χ0n) is 17.1. The fourth-order valence-corrected chi connectivity index (χ4v) is 4.48. The van der Waals surface area contributed by atoms with Gasteiger partial charge in [0.1, 0.15) is 22.8 Å². The average molecular weight is 454 g/mol. The van der Waals surface area contributed by atoms with Crippen molar-refractivity contribution < 1.29 is 29.2 Å². The molecule has 0 aliphatic carbocycles. The number of amidine groups is 1. The largest absolute Gasteiger partial charge is 0.497 e. The van der Waals surface area contributed by atoms with Gasteiger partial charge in [-0.2, -0.15) is 0 Å². The number of ether oxygens (including phenoxy) is 1. The molecule has 0 radical (unpaired) electrons. The van der Waals surface area contributed by atoms with Gasteiger partial charge in [-0.15, -0.1) is 0 Å². The van der Waals surface area contributed by atoms with Crippen LogP contribution < -0.4 is 4.74 Å². The van der Waals surface area contributed by atoms with E-state index in [1.807, 2.05) is 24.3 Å². The Balaban J connectivity index is 1.76. The molecule has 0 saturated heterocycles. The van der Waals surface area contributed by atoms with Gasteiger partial charge in [0.15, 0.2) is 5.17 Å².